The molecule has 0 bridgehead atoms. The fourth-order valence-corrected chi connectivity index (χ4v) is 1.68. The average Bonchev–Trinajstić information content (AvgIpc) is 1.99. The molecule has 1 aliphatic carbocycles. The van der Waals surface area contributed by atoms with Crippen LogP contribution in [0, 0.1) is 11.8 Å². The summed E-state index contributed by atoms with van der Waals surface area (Å²) in [5.74, 6) is 0.327. The van der Waals surface area contributed by atoms with Crippen LogP contribution in [0.3, 0.4) is 0 Å². The van der Waals surface area contributed by atoms with Gasteiger partial charge in [0.25, 0.3) is 0 Å². The maximum Gasteiger partial charge on any atom is 0.404 e. The van der Waals surface area contributed by atoms with Crippen molar-refractivity contribution in [3.63, 3.8) is 0 Å². The van der Waals surface area contributed by atoms with Gasteiger partial charge in [-0.05, 0) is 6.42 Å². The summed E-state index contributed by atoms with van der Waals surface area (Å²) in [5.41, 5.74) is 4.92. The molecule has 0 aromatic heterocycles. The number of ketones is 1. The van der Waals surface area contributed by atoms with Gasteiger partial charge in [-0.25, -0.2) is 4.79 Å². The van der Waals surface area contributed by atoms with Gasteiger partial charge in [0.05, 0.1) is 0 Å². The fraction of sp³-hybridized carbons (Fsp3) is 0.778. The first-order chi connectivity index (χ1) is 6.00. The van der Waals surface area contributed by atoms with Crippen molar-refractivity contribution in [3.8, 4) is 0 Å². The quantitative estimate of drug-likeness (QED) is 0.664. The molecule has 4 heteroatoms. The highest BCUT2D eigenvalue weighted by Crippen LogP contribution is 2.27. The van der Waals surface area contributed by atoms with Crippen LogP contribution in [0.1, 0.15) is 26.7 Å². The number of Topliss-reactive ketones (excluding diaryl/α,β-unsaturated/α-hetero) is 1. The van der Waals surface area contributed by atoms with Crippen LogP contribution < -0.4 is 5.73 Å². The van der Waals surface area contributed by atoms with Crippen LogP contribution in [-0.2, 0) is 9.53 Å². The first kappa shape index (κ1) is 10.0. The van der Waals surface area contributed by atoms with Gasteiger partial charge >= 0.3 is 6.09 Å². The second-order valence-electron chi connectivity index (χ2n) is 3.76. The molecule has 3 atom stereocenters. The molecule has 0 spiro atoms. The number of rotatable bonds is 1. The molecule has 0 saturated heterocycles. The van der Waals surface area contributed by atoms with E-state index in [1.165, 1.54) is 0 Å². The molecule has 1 aliphatic rings. The van der Waals surface area contributed by atoms with E-state index in [0.29, 0.717) is 12.8 Å². The normalized spacial score (nSPS) is 34.3. The molecule has 0 heterocycles. The zero-order chi connectivity index (χ0) is 10.0. The van der Waals surface area contributed by atoms with Gasteiger partial charge in [-0.1, -0.05) is 13.8 Å². The number of carbonyl (C=O) groups is 2. The molecule has 0 unspecified atom stereocenters. The maximum atomic E-state index is 11.3. The molecular formula is C9H15NO3. The topological polar surface area (TPSA) is 69.4 Å². The van der Waals surface area contributed by atoms with Gasteiger partial charge in [0, 0.05) is 18.3 Å². The van der Waals surface area contributed by atoms with E-state index in [1.54, 1.807) is 0 Å². The Hall–Kier alpha value is -1.06. The summed E-state index contributed by atoms with van der Waals surface area (Å²) >= 11 is 0. The summed E-state index contributed by atoms with van der Waals surface area (Å²) in [5, 5.41) is 0. The lowest BCUT2D eigenvalue weighted by Gasteiger charge is -2.30. The number of hydrogen-bond donors (Lipinski definition) is 1. The zero-order valence-electron chi connectivity index (χ0n) is 7.95. The van der Waals surface area contributed by atoms with E-state index < -0.39 is 6.09 Å². The van der Waals surface area contributed by atoms with Gasteiger partial charge in [0.15, 0.2) is 0 Å². The van der Waals surface area contributed by atoms with Crippen LogP contribution in [0.15, 0.2) is 0 Å². The highest BCUT2D eigenvalue weighted by atomic mass is 16.6. The highest BCUT2D eigenvalue weighted by Gasteiger charge is 2.33. The van der Waals surface area contributed by atoms with Crippen molar-refractivity contribution >= 4 is 11.9 Å². The standard InChI is InChI=1S/C9H15NO3/c1-5-4-8(13-9(10)12)6(2)3-7(5)11/h5-6,8H,3-4H2,1-2H3,(H2,10,12)/t5-,6-,8+/m1/s1. The molecule has 0 aromatic carbocycles. The number of carbonyl (C=O) groups excluding carboxylic acids is 2. The molecule has 13 heavy (non-hydrogen) atoms. The molecule has 0 aliphatic heterocycles. The van der Waals surface area contributed by atoms with Crippen molar-refractivity contribution in [2.75, 3.05) is 0 Å². The van der Waals surface area contributed by atoms with Gasteiger partial charge in [0.1, 0.15) is 11.9 Å². The van der Waals surface area contributed by atoms with E-state index in [0.717, 1.165) is 0 Å². The van der Waals surface area contributed by atoms with E-state index in [4.69, 9.17) is 10.5 Å². The molecule has 74 valence electrons. The smallest absolute Gasteiger partial charge is 0.404 e. The number of nitrogens with two attached hydrogens (primary N) is 1. The monoisotopic (exact) mass is 185 g/mol. The molecular weight excluding hydrogens is 170 g/mol. The highest BCUT2D eigenvalue weighted by molar-refractivity contribution is 5.81. The average molecular weight is 185 g/mol. The molecule has 1 rings (SSSR count). The van der Waals surface area contributed by atoms with Gasteiger partial charge in [-0.3, -0.25) is 4.79 Å². The Balaban J connectivity index is 2.56. The van der Waals surface area contributed by atoms with Crippen molar-refractivity contribution in [2.24, 2.45) is 17.6 Å². The predicted molar refractivity (Wildman–Crippen MR) is 47.0 cm³/mol. The molecule has 2 N–H and O–H groups in total. The van der Waals surface area contributed by atoms with E-state index in [1.807, 2.05) is 13.8 Å². The molecule has 1 saturated carbocycles. The van der Waals surface area contributed by atoms with Gasteiger partial charge < -0.3 is 10.5 Å². The number of amides is 1. The summed E-state index contributed by atoms with van der Waals surface area (Å²) < 4.78 is 4.91. The Bertz CT molecular complexity index is 227. The molecule has 0 aromatic rings. The summed E-state index contributed by atoms with van der Waals surface area (Å²) in [6.45, 7) is 3.75. The third kappa shape index (κ3) is 2.44. The van der Waals surface area contributed by atoms with Crippen molar-refractivity contribution in [2.45, 2.75) is 32.8 Å². The van der Waals surface area contributed by atoms with Gasteiger partial charge in [0.2, 0.25) is 0 Å². The maximum absolute atomic E-state index is 11.3. The Morgan fingerprint density at radius 1 is 1.54 bits per heavy atom. The fourth-order valence-electron chi connectivity index (χ4n) is 1.68. The van der Waals surface area contributed by atoms with E-state index in [9.17, 15) is 9.59 Å². The van der Waals surface area contributed by atoms with E-state index in [2.05, 4.69) is 0 Å². The summed E-state index contributed by atoms with van der Waals surface area (Å²) in [6.07, 6.45) is 0.144. The first-order valence-corrected chi connectivity index (χ1v) is 4.49. The van der Waals surface area contributed by atoms with Crippen molar-refractivity contribution in [3.05, 3.63) is 0 Å². The lowest BCUT2D eigenvalue weighted by molar-refractivity contribution is -0.128. The van der Waals surface area contributed by atoms with Gasteiger partial charge in [-0.2, -0.15) is 0 Å². The van der Waals surface area contributed by atoms with E-state index >= 15 is 0 Å². The van der Waals surface area contributed by atoms with Crippen LogP contribution >= 0.6 is 0 Å². The minimum absolute atomic E-state index is 0.0134. The Morgan fingerprint density at radius 3 is 2.69 bits per heavy atom. The predicted octanol–water partition coefficient (Wildman–Crippen LogP) is 1.09. The molecule has 1 fully saturated rings. The number of ether oxygens (including phenoxy) is 1. The third-order valence-electron chi connectivity index (χ3n) is 2.56. The van der Waals surface area contributed by atoms with Crippen LogP contribution in [0.2, 0.25) is 0 Å². The molecule has 1 amide bonds. The van der Waals surface area contributed by atoms with Crippen LogP contribution in [-0.4, -0.2) is 18.0 Å². The summed E-state index contributed by atoms with van der Waals surface area (Å²) in [4.78, 5) is 21.8. The summed E-state index contributed by atoms with van der Waals surface area (Å²) in [6, 6.07) is 0. The minimum atomic E-state index is -0.751. The second-order valence-corrected chi connectivity index (χ2v) is 3.76. The molecule has 4 nitrogen and oxygen atoms in total. The zero-order valence-corrected chi connectivity index (χ0v) is 7.95. The molecule has 0 radical (unpaired) electrons. The Labute approximate surface area is 77.4 Å². The summed E-state index contributed by atoms with van der Waals surface area (Å²) in [7, 11) is 0. The van der Waals surface area contributed by atoms with Crippen LogP contribution in [0.25, 0.3) is 0 Å². The van der Waals surface area contributed by atoms with Crippen LogP contribution in [0.4, 0.5) is 4.79 Å². The van der Waals surface area contributed by atoms with Crippen molar-refractivity contribution < 1.29 is 14.3 Å². The minimum Gasteiger partial charge on any atom is -0.446 e. The number of hydrogen-bond acceptors (Lipinski definition) is 3. The van der Waals surface area contributed by atoms with E-state index in [-0.39, 0.29) is 23.7 Å². The lowest BCUT2D eigenvalue weighted by Crippen LogP contribution is -2.37. The first-order valence-electron chi connectivity index (χ1n) is 4.49. The van der Waals surface area contributed by atoms with Gasteiger partial charge in [-0.15, -0.1) is 0 Å². The lowest BCUT2D eigenvalue weighted by atomic mass is 9.81. The second kappa shape index (κ2) is 3.77. The number of primary amides is 1. The Morgan fingerprint density at radius 2 is 2.15 bits per heavy atom. The largest absolute Gasteiger partial charge is 0.446 e. The van der Waals surface area contributed by atoms with Crippen molar-refractivity contribution in [1.29, 1.82) is 0 Å². The SMILES string of the molecule is C[C@@H]1C[C@H](OC(N)=O)[C@H](C)CC1=O. The van der Waals surface area contributed by atoms with Crippen LogP contribution in [0.5, 0.6) is 0 Å². The van der Waals surface area contributed by atoms with Crippen molar-refractivity contribution in [1.82, 2.24) is 0 Å². The third-order valence-corrected chi connectivity index (χ3v) is 2.56. The Kier molecular flexibility index (Phi) is 2.90.